The summed E-state index contributed by atoms with van der Waals surface area (Å²) in [5.74, 6) is 0.0227. The molecule has 0 fully saturated rings. The van der Waals surface area contributed by atoms with Crippen LogP contribution in [-0.2, 0) is 6.18 Å². The lowest BCUT2D eigenvalue weighted by Crippen LogP contribution is -2.17. The van der Waals surface area contributed by atoms with E-state index in [2.05, 4.69) is 9.97 Å². The van der Waals surface area contributed by atoms with E-state index in [1.807, 2.05) is 6.07 Å². The van der Waals surface area contributed by atoms with Crippen molar-refractivity contribution >= 4 is 34.9 Å². The highest BCUT2D eigenvalue weighted by Gasteiger charge is 2.38. The van der Waals surface area contributed by atoms with Gasteiger partial charge in [-0.15, -0.1) is 0 Å². The molecule has 3 nitrogen and oxygen atoms in total. The van der Waals surface area contributed by atoms with Crippen LogP contribution < -0.4 is 4.90 Å². The van der Waals surface area contributed by atoms with Gasteiger partial charge in [-0.1, -0.05) is 41.6 Å². The lowest BCUT2D eigenvalue weighted by Gasteiger charge is -2.21. The molecular weight excluding hydrogens is 323 g/mol. The molecule has 0 bridgehead atoms. The number of para-hydroxylation sites is 1. The maximum absolute atomic E-state index is 13.0. The van der Waals surface area contributed by atoms with Crippen LogP contribution in [0.4, 0.5) is 24.7 Å². The van der Waals surface area contributed by atoms with E-state index in [1.165, 1.54) is 4.90 Å². The van der Waals surface area contributed by atoms with E-state index in [0.717, 1.165) is 11.8 Å². The Kier molecular flexibility index (Phi) is 4.63. The van der Waals surface area contributed by atoms with Crippen molar-refractivity contribution in [3.8, 4) is 0 Å². The van der Waals surface area contributed by atoms with E-state index >= 15 is 0 Å². The van der Waals surface area contributed by atoms with Crippen LogP contribution in [-0.4, -0.2) is 23.3 Å². The zero-order chi connectivity index (χ0) is 15.6. The molecule has 1 heterocycles. The lowest BCUT2D eigenvalue weighted by molar-refractivity contribution is -0.141. The van der Waals surface area contributed by atoms with E-state index in [1.54, 1.807) is 37.6 Å². The minimum Gasteiger partial charge on any atom is -0.328 e. The molecule has 0 N–H and O–H groups in total. The van der Waals surface area contributed by atoms with Crippen molar-refractivity contribution in [2.45, 2.75) is 11.3 Å². The monoisotopic (exact) mass is 333 g/mol. The van der Waals surface area contributed by atoms with Gasteiger partial charge in [-0.25, -0.2) is 9.97 Å². The fourth-order valence-corrected chi connectivity index (χ4v) is 2.37. The molecule has 1 aromatic heterocycles. The Hall–Kier alpha value is -1.47. The Balaban J connectivity index is 2.58. The third-order valence-corrected chi connectivity index (χ3v) is 3.62. The van der Waals surface area contributed by atoms with Crippen molar-refractivity contribution in [3.05, 3.63) is 41.0 Å². The minimum atomic E-state index is -4.63. The van der Waals surface area contributed by atoms with Crippen molar-refractivity contribution in [1.82, 2.24) is 9.97 Å². The van der Waals surface area contributed by atoms with Gasteiger partial charge in [-0.05, 0) is 18.4 Å². The molecule has 1 aromatic carbocycles. The number of halogens is 4. The highest BCUT2D eigenvalue weighted by molar-refractivity contribution is 7.98. The average Bonchev–Trinajstić information content (AvgIpc) is 2.46. The SMILES string of the molecule is CSc1nc(N(C)c2ccccc2)c(Cl)c(C(F)(F)F)n1. The van der Waals surface area contributed by atoms with Gasteiger partial charge < -0.3 is 4.90 Å². The molecular formula is C13H11ClF3N3S. The first-order chi connectivity index (χ1) is 9.84. The summed E-state index contributed by atoms with van der Waals surface area (Å²) in [5, 5.41) is -0.490. The number of alkyl halides is 3. The normalized spacial score (nSPS) is 11.5. The van der Waals surface area contributed by atoms with Crippen molar-refractivity contribution in [2.24, 2.45) is 0 Å². The number of nitrogens with zero attached hydrogens (tertiary/aromatic N) is 3. The fraction of sp³-hybridized carbons (Fsp3) is 0.231. The first-order valence-corrected chi connectivity index (χ1v) is 7.42. The van der Waals surface area contributed by atoms with Crippen LogP contribution in [0.2, 0.25) is 5.02 Å². The zero-order valence-electron chi connectivity index (χ0n) is 11.1. The number of benzene rings is 1. The Morgan fingerprint density at radius 1 is 1.14 bits per heavy atom. The second-order valence-electron chi connectivity index (χ2n) is 4.09. The summed E-state index contributed by atoms with van der Waals surface area (Å²) >= 11 is 6.90. The second-order valence-corrected chi connectivity index (χ2v) is 5.24. The van der Waals surface area contributed by atoms with Crippen LogP contribution in [0.25, 0.3) is 0 Å². The van der Waals surface area contributed by atoms with E-state index < -0.39 is 16.9 Å². The number of rotatable bonds is 3. The molecule has 21 heavy (non-hydrogen) atoms. The first-order valence-electron chi connectivity index (χ1n) is 5.82. The van der Waals surface area contributed by atoms with Gasteiger partial charge in [0, 0.05) is 12.7 Å². The van der Waals surface area contributed by atoms with Gasteiger partial charge in [-0.3, -0.25) is 0 Å². The van der Waals surface area contributed by atoms with Gasteiger partial charge in [0.1, 0.15) is 5.02 Å². The molecule has 0 aliphatic carbocycles. The molecule has 0 atom stereocenters. The van der Waals surface area contributed by atoms with Gasteiger partial charge in [-0.2, -0.15) is 13.2 Å². The molecule has 8 heteroatoms. The molecule has 2 rings (SSSR count). The summed E-state index contributed by atoms with van der Waals surface area (Å²) in [6, 6.07) is 8.88. The maximum atomic E-state index is 13.0. The number of anilines is 2. The molecule has 0 radical (unpaired) electrons. The summed E-state index contributed by atoms with van der Waals surface area (Å²) in [6.45, 7) is 0. The van der Waals surface area contributed by atoms with E-state index in [0.29, 0.717) is 5.69 Å². The van der Waals surface area contributed by atoms with Crippen LogP contribution in [0.15, 0.2) is 35.5 Å². The topological polar surface area (TPSA) is 29.0 Å². The Labute approximate surface area is 129 Å². The Morgan fingerprint density at radius 2 is 1.76 bits per heavy atom. The average molecular weight is 334 g/mol. The van der Waals surface area contributed by atoms with Crippen LogP contribution in [0.3, 0.4) is 0 Å². The van der Waals surface area contributed by atoms with Gasteiger partial charge in [0.15, 0.2) is 16.7 Å². The predicted octanol–water partition coefficient (Wildman–Crippen LogP) is 4.64. The summed E-state index contributed by atoms with van der Waals surface area (Å²) in [5.41, 5.74) is -0.445. The number of hydrogen-bond donors (Lipinski definition) is 0. The molecule has 112 valence electrons. The maximum Gasteiger partial charge on any atom is 0.435 e. The highest BCUT2D eigenvalue weighted by atomic mass is 35.5. The third kappa shape index (κ3) is 3.41. The predicted molar refractivity (Wildman–Crippen MR) is 78.3 cm³/mol. The largest absolute Gasteiger partial charge is 0.435 e. The summed E-state index contributed by atoms with van der Waals surface area (Å²) < 4.78 is 39.0. The fourth-order valence-electron chi connectivity index (χ4n) is 1.69. The molecule has 0 aliphatic heterocycles. The van der Waals surface area contributed by atoms with Gasteiger partial charge in [0.05, 0.1) is 0 Å². The van der Waals surface area contributed by atoms with Crippen LogP contribution >= 0.6 is 23.4 Å². The summed E-state index contributed by atoms with van der Waals surface area (Å²) in [6.07, 6.45) is -3.02. The molecule has 2 aromatic rings. The zero-order valence-corrected chi connectivity index (χ0v) is 12.7. The van der Waals surface area contributed by atoms with E-state index in [9.17, 15) is 13.2 Å². The van der Waals surface area contributed by atoms with Gasteiger partial charge in [0.25, 0.3) is 0 Å². The number of hydrogen-bond acceptors (Lipinski definition) is 4. The lowest BCUT2D eigenvalue weighted by atomic mass is 10.3. The van der Waals surface area contributed by atoms with Gasteiger partial charge >= 0.3 is 6.18 Å². The molecule has 0 unspecified atom stereocenters. The third-order valence-electron chi connectivity index (χ3n) is 2.73. The molecule has 0 aliphatic rings. The van der Waals surface area contributed by atoms with Crippen molar-refractivity contribution in [2.75, 3.05) is 18.2 Å². The van der Waals surface area contributed by atoms with Crippen LogP contribution in [0, 0.1) is 0 Å². The van der Waals surface area contributed by atoms with Crippen LogP contribution in [0.1, 0.15) is 5.69 Å². The first kappa shape index (κ1) is 15.9. The highest BCUT2D eigenvalue weighted by Crippen LogP contribution is 2.39. The van der Waals surface area contributed by atoms with Crippen molar-refractivity contribution in [3.63, 3.8) is 0 Å². The summed E-state index contributed by atoms with van der Waals surface area (Å²) in [4.78, 5) is 9.05. The quantitative estimate of drug-likeness (QED) is 0.604. The van der Waals surface area contributed by atoms with Crippen LogP contribution in [0.5, 0.6) is 0 Å². The van der Waals surface area contributed by atoms with E-state index in [4.69, 9.17) is 11.6 Å². The molecule has 0 amide bonds. The Morgan fingerprint density at radius 3 is 2.29 bits per heavy atom. The van der Waals surface area contributed by atoms with Crippen molar-refractivity contribution in [1.29, 1.82) is 0 Å². The van der Waals surface area contributed by atoms with Crippen molar-refractivity contribution < 1.29 is 13.2 Å². The molecule has 0 spiro atoms. The smallest absolute Gasteiger partial charge is 0.328 e. The molecule has 0 saturated heterocycles. The minimum absolute atomic E-state index is 0.0181. The Bertz CT molecular complexity index is 635. The number of thioether (sulfide) groups is 1. The number of aromatic nitrogens is 2. The van der Waals surface area contributed by atoms with E-state index in [-0.39, 0.29) is 11.0 Å². The second kappa shape index (κ2) is 6.11. The van der Waals surface area contributed by atoms with Gasteiger partial charge in [0.2, 0.25) is 0 Å². The summed E-state index contributed by atoms with van der Waals surface area (Å²) in [7, 11) is 1.60. The standard InChI is InChI=1S/C13H11ClF3N3S/c1-20(8-6-4-3-5-7-8)11-9(14)10(13(15,16)17)18-12(19-11)21-2/h3-7H,1-2H3. The molecule has 0 saturated carbocycles.